The molecule has 1 aliphatic heterocycles. The highest BCUT2D eigenvalue weighted by atomic mass is 35.5. The quantitative estimate of drug-likeness (QED) is 0.475. The van der Waals surface area contributed by atoms with E-state index in [0.717, 1.165) is 4.90 Å². The monoisotopic (exact) mass is 500 g/mol. The number of carbonyl (C=O) groups excluding carboxylic acids is 3. The highest BCUT2D eigenvalue weighted by Gasteiger charge is 2.87. The SMILES string of the molecule is CC(=O)Nc1ccc(N2C(=O)[C@@H]3[C@H](C2=O)[C@]2(Cl)C(Cl)=C(Cl)[C@]3(Cl)C2(Cl)Cl)cc1. The molecular formula is C17H10Cl6N2O3. The molecule has 1 saturated carbocycles. The summed E-state index contributed by atoms with van der Waals surface area (Å²) in [6.45, 7) is 1.36. The lowest BCUT2D eigenvalue weighted by Gasteiger charge is -2.34. The summed E-state index contributed by atoms with van der Waals surface area (Å²) in [6.07, 6.45) is 0. The maximum Gasteiger partial charge on any atom is 0.240 e. The normalized spacial score (nSPS) is 35.6. The van der Waals surface area contributed by atoms with E-state index >= 15 is 0 Å². The molecule has 0 radical (unpaired) electrons. The van der Waals surface area contributed by atoms with Gasteiger partial charge >= 0.3 is 0 Å². The number of imide groups is 1. The van der Waals surface area contributed by atoms with E-state index in [0.29, 0.717) is 5.69 Å². The van der Waals surface area contributed by atoms with Crippen LogP contribution in [0.2, 0.25) is 0 Å². The van der Waals surface area contributed by atoms with Gasteiger partial charge in [-0.05, 0) is 24.3 Å². The zero-order valence-electron chi connectivity index (χ0n) is 13.9. The highest BCUT2D eigenvalue weighted by molar-refractivity contribution is 6.67. The van der Waals surface area contributed by atoms with Crippen LogP contribution >= 0.6 is 69.6 Å². The lowest BCUT2D eigenvalue weighted by atomic mass is 9.84. The molecule has 1 N–H and O–H groups in total. The second-order valence-electron chi connectivity index (χ2n) is 6.82. The lowest BCUT2D eigenvalue weighted by Crippen LogP contribution is -2.50. The molecule has 2 aliphatic carbocycles. The van der Waals surface area contributed by atoms with Gasteiger partial charge in [-0.15, -0.1) is 23.2 Å². The van der Waals surface area contributed by atoms with Crippen molar-refractivity contribution >= 4 is 98.7 Å². The molecule has 3 amide bonds. The number of amides is 3. The van der Waals surface area contributed by atoms with Crippen LogP contribution in [0, 0.1) is 11.8 Å². The van der Waals surface area contributed by atoms with Gasteiger partial charge in [-0.1, -0.05) is 46.4 Å². The molecule has 0 unspecified atom stereocenters. The zero-order valence-corrected chi connectivity index (χ0v) is 18.4. The van der Waals surface area contributed by atoms with Gasteiger partial charge in [-0.25, -0.2) is 4.90 Å². The van der Waals surface area contributed by atoms with E-state index < -0.39 is 37.7 Å². The van der Waals surface area contributed by atoms with Crippen molar-refractivity contribution in [1.82, 2.24) is 0 Å². The summed E-state index contributed by atoms with van der Waals surface area (Å²) in [7, 11) is 0. The van der Waals surface area contributed by atoms with Gasteiger partial charge in [0.15, 0.2) is 4.33 Å². The molecule has 5 nitrogen and oxygen atoms in total. The van der Waals surface area contributed by atoms with Crippen molar-refractivity contribution in [3.8, 4) is 0 Å². The van der Waals surface area contributed by atoms with Crippen LogP contribution in [0.4, 0.5) is 11.4 Å². The number of hydrogen-bond acceptors (Lipinski definition) is 3. The van der Waals surface area contributed by atoms with Crippen LogP contribution in [0.1, 0.15) is 6.92 Å². The first-order chi connectivity index (χ1) is 12.9. The van der Waals surface area contributed by atoms with Crippen LogP contribution in [-0.4, -0.2) is 31.8 Å². The first kappa shape index (κ1) is 20.6. The standard InChI is InChI=1S/C17H10Cl6N2O3/c1-6(26)24-7-2-4-8(5-3-7)25-13(27)9-10(14(25)28)16(21)12(19)11(18)15(9,20)17(16,22)23/h2-5,9-10H,1H3,(H,24,26)/t9-,10+,15-,16-/m0/s1. The Morgan fingerprint density at radius 2 is 1.36 bits per heavy atom. The molecule has 2 bridgehead atoms. The molecule has 1 saturated heterocycles. The van der Waals surface area contributed by atoms with Gasteiger partial charge in [-0.2, -0.15) is 0 Å². The van der Waals surface area contributed by atoms with Crippen LogP contribution in [0.25, 0.3) is 0 Å². The minimum absolute atomic E-state index is 0.138. The minimum Gasteiger partial charge on any atom is -0.326 e. The van der Waals surface area contributed by atoms with Crippen LogP contribution in [0.15, 0.2) is 34.3 Å². The molecule has 4 atom stereocenters. The third kappa shape index (κ3) is 2.16. The molecule has 4 rings (SSSR count). The van der Waals surface area contributed by atoms with Crippen molar-refractivity contribution < 1.29 is 14.4 Å². The first-order valence-electron chi connectivity index (χ1n) is 7.98. The number of anilines is 2. The van der Waals surface area contributed by atoms with Crippen molar-refractivity contribution in [3.05, 3.63) is 34.3 Å². The molecular weight excluding hydrogens is 493 g/mol. The molecule has 11 heteroatoms. The van der Waals surface area contributed by atoms with Crippen molar-refractivity contribution in [1.29, 1.82) is 0 Å². The second-order valence-corrected chi connectivity index (χ2v) is 10.1. The third-order valence-corrected chi connectivity index (χ3v) is 9.61. The first-order valence-corrected chi connectivity index (χ1v) is 10.2. The Morgan fingerprint density at radius 3 is 1.75 bits per heavy atom. The predicted octanol–water partition coefficient (Wildman–Crippen LogP) is 4.60. The maximum atomic E-state index is 13.2. The van der Waals surface area contributed by atoms with Crippen LogP contribution in [-0.2, 0) is 14.4 Å². The fourth-order valence-electron chi connectivity index (χ4n) is 4.15. The van der Waals surface area contributed by atoms with Crippen molar-refractivity contribution in [2.45, 2.75) is 21.0 Å². The number of rotatable bonds is 2. The van der Waals surface area contributed by atoms with Crippen molar-refractivity contribution in [2.75, 3.05) is 10.2 Å². The largest absolute Gasteiger partial charge is 0.326 e. The molecule has 0 spiro atoms. The molecule has 28 heavy (non-hydrogen) atoms. The fraction of sp³-hybridized carbons (Fsp3) is 0.353. The number of halogens is 6. The van der Waals surface area contributed by atoms with Gasteiger partial charge in [-0.3, -0.25) is 14.4 Å². The van der Waals surface area contributed by atoms with Gasteiger partial charge in [0.25, 0.3) is 0 Å². The van der Waals surface area contributed by atoms with E-state index in [2.05, 4.69) is 5.32 Å². The number of hydrogen-bond donors (Lipinski definition) is 1. The second kappa shape index (κ2) is 6.16. The van der Waals surface area contributed by atoms with E-state index in [-0.39, 0.29) is 21.7 Å². The van der Waals surface area contributed by atoms with Crippen LogP contribution in [0.5, 0.6) is 0 Å². The molecule has 2 fully saturated rings. The molecule has 1 aromatic rings. The predicted molar refractivity (Wildman–Crippen MR) is 111 cm³/mol. The number of carbonyl (C=O) groups is 3. The highest BCUT2D eigenvalue weighted by Crippen LogP contribution is 2.77. The Balaban J connectivity index is 1.78. The number of fused-ring (bicyclic) bond motifs is 5. The number of allylic oxidation sites excluding steroid dienone is 2. The maximum absolute atomic E-state index is 13.2. The number of nitrogens with one attached hydrogen (secondary N) is 1. The van der Waals surface area contributed by atoms with Crippen molar-refractivity contribution in [2.24, 2.45) is 11.8 Å². The summed E-state index contributed by atoms with van der Waals surface area (Å²) < 4.78 is -1.96. The smallest absolute Gasteiger partial charge is 0.240 e. The molecule has 148 valence electrons. The Morgan fingerprint density at radius 1 is 0.929 bits per heavy atom. The third-order valence-electron chi connectivity index (χ3n) is 5.35. The summed E-state index contributed by atoms with van der Waals surface area (Å²) in [5, 5.41) is 2.32. The minimum atomic E-state index is -1.96. The molecule has 0 aromatic heterocycles. The Labute approximate surface area is 189 Å². The Kier molecular flexibility index (Phi) is 4.53. The average molecular weight is 503 g/mol. The summed E-state index contributed by atoms with van der Waals surface area (Å²) in [4.78, 5) is 34.8. The molecule has 3 aliphatic rings. The van der Waals surface area contributed by atoms with Gasteiger partial charge in [0.1, 0.15) is 9.75 Å². The van der Waals surface area contributed by atoms with Gasteiger partial charge in [0.2, 0.25) is 17.7 Å². The van der Waals surface area contributed by atoms with Gasteiger partial charge in [0.05, 0.1) is 27.6 Å². The van der Waals surface area contributed by atoms with Crippen LogP contribution < -0.4 is 10.2 Å². The van der Waals surface area contributed by atoms with E-state index in [1.165, 1.54) is 19.1 Å². The number of alkyl halides is 4. The van der Waals surface area contributed by atoms with Crippen molar-refractivity contribution in [3.63, 3.8) is 0 Å². The van der Waals surface area contributed by atoms with E-state index in [4.69, 9.17) is 69.6 Å². The van der Waals surface area contributed by atoms with Gasteiger partial charge in [0, 0.05) is 12.6 Å². The summed E-state index contributed by atoms with van der Waals surface area (Å²) in [5.74, 6) is -3.88. The van der Waals surface area contributed by atoms with Crippen LogP contribution in [0.3, 0.4) is 0 Å². The Bertz CT molecular complexity index is 932. The zero-order chi connectivity index (χ0) is 20.8. The topological polar surface area (TPSA) is 66.5 Å². The summed E-state index contributed by atoms with van der Waals surface area (Å²) >= 11 is 38.7. The van der Waals surface area contributed by atoms with E-state index in [1.54, 1.807) is 12.1 Å². The summed E-state index contributed by atoms with van der Waals surface area (Å²) in [6, 6.07) is 6.13. The average Bonchev–Trinajstić information content (AvgIpc) is 3.00. The van der Waals surface area contributed by atoms with Gasteiger partial charge < -0.3 is 5.32 Å². The van der Waals surface area contributed by atoms with E-state index in [1.807, 2.05) is 0 Å². The number of nitrogens with zero attached hydrogens (tertiary/aromatic N) is 1. The fourth-order valence-corrected chi connectivity index (χ4v) is 7.08. The molecule has 1 aromatic carbocycles. The lowest BCUT2D eigenvalue weighted by molar-refractivity contribution is -0.123. The Hall–Kier alpha value is -0.690. The number of benzene rings is 1. The van der Waals surface area contributed by atoms with E-state index in [9.17, 15) is 14.4 Å². The molecule has 1 heterocycles. The summed E-state index contributed by atoms with van der Waals surface area (Å²) in [5.41, 5.74) is 0.784.